The van der Waals surface area contributed by atoms with Crippen LogP contribution in [-0.4, -0.2) is 70.3 Å². The lowest BCUT2D eigenvalue weighted by molar-refractivity contribution is -0.146. The fourth-order valence-corrected chi connectivity index (χ4v) is 4.37. The van der Waals surface area contributed by atoms with Gasteiger partial charge in [-0.05, 0) is 74.8 Å². The summed E-state index contributed by atoms with van der Waals surface area (Å²) in [5, 5.41) is 28.1. The van der Waals surface area contributed by atoms with E-state index < -0.39 is 48.4 Å². The molecule has 0 heterocycles. The minimum atomic E-state index is -1.26. The first kappa shape index (κ1) is 32.7. The fourth-order valence-electron chi connectivity index (χ4n) is 4.37. The molecule has 41 heavy (non-hydrogen) atoms. The number of aliphatic carboxylic acids is 3. The van der Waals surface area contributed by atoms with Crippen LogP contribution in [0.1, 0.15) is 43.4 Å². The van der Waals surface area contributed by atoms with E-state index in [0.717, 1.165) is 30.4 Å². The summed E-state index contributed by atoms with van der Waals surface area (Å²) in [7, 11) is 0. The SMILES string of the molecule is CCOC(=O)C(CCc1ccccc1)N[C@@H](C)C(=O)N(CC(=O)O)c1ccc2c(c1)CCC2.O=C(O)/C=C\C(=O)O. The maximum Gasteiger partial charge on any atom is 0.328 e. The van der Waals surface area contributed by atoms with Gasteiger partial charge in [0.2, 0.25) is 5.91 Å². The molecule has 0 spiro atoms. The maximum absolute atomic E-state index is 13.3. The molecule has 2 aromatic rings. The van der Waals surface area contributed by atoms with Crippen molar-refractivity contribution in [2.75, 3.05) is 18.1 Å². The number of carbonyl (C=O) groups is 5. The largest absolute Gasteiger partial charge is 0.480 e. The fraction of sp³-hybridized carbons (Fsp3) is 0.367. The number of ether oxygens (including phenoxy) is 1. The molecule has 3 rings (SSSR count). The molecule has 0 saturated heterocycles. The van der Waals surface area contributed by atoms with Crippen molar-refractivity contribution >= 4 is 35.5 Å². The summed E-state index contributed by atoms with van der Waals surface area (Å²) < 4.78 is 5.21. The highest BCUT2D eigenvalue weighted by Gasteiger charge is 2.29. The molecular weight excluding hydrogens is 532 g/mol. The first-order valence-corrected chi connectivity index (χ1v) is 13.3. The second-order valence-corrected chi connectivity index (χ2v) is 9.35. The number of hydrogen-bond donors (Lipinski definition) is 4. The van der Waals surface area contributed by atoms with Gasteiger partial charge in [-0.1, -0.05) is 36.4 Å². The Labute approximate surface area is 238 Å². The Morgan fingerprint density at radius 2 is 1.59 bits per heavy atom. The second kappa shape index (κ2) is 16.6. The van der Waals surface area contributed by atoms with Crippen LogP contribution in [0.3, 0.4) is 0 Å². The van der Waals surface area contributed by atoms with Crippen molar-refractivity contribution in [3.05, 3.63) is 77.4 Å². The third-order valence-corrected chi connectivity index (χ3v) is 6.28. The van der Waals surface area contributed by atoms with E-state index in [9.17, 15) is 29.1 Å². The lowest BCUT2D eigenvalue weighted by Crippen LogP contribution is -2.52. The van der Waals surface area contributed by atoms with Crippen molar-refractivity contribution in [2.45, 2.75) is 58.0 Å². The van der Waals surface area contributed by atoms with Crippen LogP contribution in [0, 0.1) is 0 Å². The predicted molar refractivity (Wildman–Crippen MR) is 151 cm³/mol. The molecule has 220 valence electrons. The van der Waals surface area contributed by atoms with Gasteiger partial charge in [-0.25, -0.2) is 9.59 Å². The molecule has 11 nitrogen and oxygen atoms in total. The number of esters is 1. The Hall–Kier alpha value is -4.51. The van der Waals surface area contributed by atoms with Gasteiger partial charge in [0.1, 0.15) is 12.6 Å². The lowest BCUT2D eigenvalue weighted by atomic mass is 10.0. The Morgan fingerprint density at radius 1 is 0.951 bits per heavy atom. The Kier molecular flexibility index (Phi) is 13.2. The van der Waals surface area contributed by atoms with Gasteiger partial charge in [-0.2, -0.15) is 0 Å². The number of amides is 1. The first-order chi connectivity index (χ1) is 19.5. The summed E-state index contributed by atoms with van der Waals surface area (Å²) in [5.41, 5.74) is 4.05. The number of carboxylic acids is 3. The number of fused-ring (bicyclic) bond motifs is 1. The van der Waals surface area contributed by atoms with E-state index in [1.165, 1.54) is 10.5 Å². The highest BCUT2D eigenvalue weighted by Crippen LogP contribution is 2.27. The molecule has 0 fully saturated rings. The van der Waals surface area contributed by atoms with Crippen LogP contribution >= 0.6 is 0 Å². The highest BCUT2D eigenvalue weighted by molar-refractivity contribution is 6.00. The number of nitrogens with zero attached hydrogens (tertiary/aromatic N) is 1. The van der Waals surface area contributed by atoms with Crippen LogP contribution in [0.4, 0.5) is 5.69 Å². The van der Waals surface area contributed by atoms with Crippen molar-refractivity contribution in [3.63, 3.8) is 0 Å². The van der Waals surface area contributed by atoms with Gasteiger partial charge in [0, 0.05) is 17.8 Å². The molecule has 2 atom stereocenters. The van der Waals surface area contributed by atoms with Gasteiger partial charge in [0.15, 0.2) is 0 Å². The third kappa shape index (κ3) is 11.2. The first-order valence-electron chi connectivity index (χ1n) is 13.3. The van der Waals surface area contributed by atoms with Gasteiger partial charge in [-0.15, -0.1) is 0 Å². The summed E-state index contributed by atoms with van der Waals surface area (Å²) in [5.74, 6) is -4.43. The zero-order valence-electron chi connectivity index (χ0n) is 23.1. The zero-order valence-corrected chi connectivity index (χ0v) is 23.1. The maximum atomic E-state index is 13.3. The molecule has 4 N–H and O–H groups in total. The van der Waals surface area contributed by atoms with Gasteiger partial charge in [0.05, 0.1) is 12.6 Å². The number of hydrogen-bond acceptors (Lipinski definition) is 7. The van der Waals surface area contributed by atoms with E-state index >= 15 is 0 Å². The highest BCUT2D eigenvalue weighted by atomic mass is 16.5. The molecule has 1 amide bonds. The molecule has 0 aliphatic heterocycles. The average molecular weight is 569 g/mol. The molecule has 2 aromatic carbocycles. The number of anilines is 1. The normalized spacial score (nSPS) is 13.3. The van der Waals surface area contributed by atoms with E-state index in [2.05, 4.69) is 5.32 Å². The molecule has 1 aliphatic carbocycles. The van der Waals surface area contributed by atoms with Crippen LogP contribution in [0.2, 0.25) is 0 Å². The standard InChI is InChI=1S/C26H32N2O5.C4H4O4/c1-3-33-26(32)23(15-12-19-8-5-4-6-9-19)27-18(2)25(31)28(17-24(29)30)22-14-13-20-10-7-11-21(20)16-22;5-3(6)1-2-4(7)8/h4-6,8-9,13-14,16,18,23,27H,3,7,10-12,15,17H2,1-2H3,(H,29,30);1-2H,(H,5,6)(H,7,8)/b;2-1-/t18-,23?;/m0./s1. The summed E-state index contributed by atoms with van der Waals surface area (Å²) in [6.45, 7) is 3.19. The van der Waals surface area contributed by atoms with Crippen molar-refractivity contribution in [2.24, 2.45) is 0 Å². The van der Waals surface area contributed by atoms with Crippen LogP contribution in [-0.2, 0) is 48.0 Å². The van der Waals surface area contributed by atoms with E-state index in [4.69, 9.17) is 14.9 Å². The molecule has 0 aromatic heterocycles. The topological polar surface area (TPSA) is 171 Å². The molecular formula is C30H36N2O9. The van der Waals surface area contributed by atoms with Crippen LogP contribution < -0.4 is 10.2 Å². The van der Waals surface area contributed by atoms with Crippen molar-refractivity contribution in [1.29, 1.82) is 0 Å². The van der Waals surface area contributed by atoms with Gasteiger partial charge in [-0.3, -0.25) is 24.6 Å². The minimum absolute atomic E-state index is 0.241. The number of carbonyl (C=O) groups excluding carboxylic acids is 2. The molecule has 1 unspecified atom stereocenters. The van der Waals surface area contributed by atoms with Crippen molar-refractivity contribution in [3.8, 4) is 0 Å². The third-order valence-electron chi connectivity index (χ3n) is 6.28. The van der Waals surface area contributed by atoms with Crippen LogP contribution in [0.15, 0.2) is 60.7 Å². The van der Waals surface area contributed by atoms with Crippen molar-refractivity contribution < 1.29 is 44.0 Å². The van der Waals surface area contributed by atoms with E-state index in [-0.39, 0.29) is 6.61 Å². The smallest absolute Gasteiger partial charge is 0.328 e. The molecule has 0 saturated carbocycles. The lowest BCUT2D eigenvalue weighted by Gasteiger charge is -2.28. The van der Waals surface area contributed by atoms with Crippen LogP contribution in [0.5, 0.6) is 0 Å². The Balaban J connectivity index is 0.000000642. The van der Waals surface area contributed by atoms with E-state index in [0.29, 0.717) is 30.7 Å². The van der Waals surface area contributed by atoms with Gasteiger partial charge < -0.3 is 20.1 Å². The van der Waals surface area contributed by atoms with Crippen LogP contribution in [0.25, 0.3) is 0 Å². The second-order valence-electron chi connectivity index (χ2n) is 9.35. The summed E-state index contributed by atoms with van der Waals surface area (Å²) in [4.78, 5) is 57.8. The van der Waals surface area contributed by atoms with Crippen molar-refractivity contribution in [1.82, 2.24) is 5.32 Å². The summed E-state index contributed by atoms with van der Waals surface area (Å²) in [6.07, 6.45) is 5.20. The van der Waals surface area contributed by atoms with Gasteiger partial charge in [0.25, 0.3) is 0 Å². The quantitative estimate of drug-likeness (QED) is 0.208. The van der Waals surface area contributed by atoms with E-state index in [1.807, 2.05) is 42.5 Å². The number of nitrogens with one attached hydrogen (secondary N) is 1. The molecule has 0 radical (unpaired) electrons. The zero-order chi connectivity index (χ0) is 30.4. The summed E-state index contributed by atoms with van der Waals surface area (Å²) in [6, 6.07) is 14.0. The summed E-state index contributed by atoms with van der Waals surface area (Å²) >= 11 is 0. The predicted octanol–water partition coefficient (Wildman–Crippen LogP) is 2.85. The Bertz CT molecular complexity index is 1230. The average Bonchev–Trinajstić information content (AvgIpc) is 3.41. The molecule has 1 aliphatic rings. The molecule has 11 heteroatoms. The monoisotopic (exact) mass is 568 g/mol. The van der Waals surface area contributed by atoms with Gasteiger partial charge >= 0.3 is 23.9 Å². The minimum Gasteiger partial charge on any atom is -0.480 e. The number of benzene rings is 2. The number of rotatable bonds is 13. The molecule has 0 bridgehead atoms. The number of carboxylic acid groups (broad SMARTS) is 3. The Morgan fingerprint density at radius 3 is 2.17 bits per heavy atom. The number of aryl methyl sites for hydroxylation is 3. The van der Waals surface area contributed by atoms with E-state index in [1.54, 1.807) is 19.9 Å².